The van der Waals surface area contributed by atoms with Gasteiger partial charge in [-0.25, -0.2) is 4.79 Å². The standard InChI is InChI=1S/C18H28N2O2S/c1-18(2,3)23-13-14-6-5-7-16(10-14)19-17(21)20(4)11-15-8-9-22-12-15/h5-7,10,15H,8-9,11-13H2,1-4H3,(H,19,21). The number of rotatable bonds is 5. The zero-order valence-corrected chi connectivity index (χ0v) is 15.4. The maximum atomic E-state index is 12.3. The van der Waals surface area contributed by atoms with Gasteiger partial charge in [0.25, 0.3) is 0 Å². The van der Waals surface area contributed by atoms with E-state index in [-0.39, 0.29) is 10.8 Å². The molecule has 1 aromatic rings. The number of ether oxygens (including phenoxy) is 1. The molecule has 2 rings (SSSR count). The van der Waals surface area contributed by atoms with Gasteiger partial charge in [-0.3, -0.25) is 0 Å². The van der Waals surface area contributed by atoms with E-state index < -0.39 is 0 Å². The van der Waals surface area contributed by atoms with Crippen LogP contribution in [0.4, 0.5) is 10.5 Å². The maximum absolute atomic E-state index is 12.3. The molecule has 1 saturated heterocycles. The van der Waals surface area contributed by atoms with Gasteiger partial charge in [0.15, 0.2) is 0 Å². The second-order valence-corrected chi connectivity index (χ2v) is 8.94. The SMILES string of the molecule is CN(CC1CCOC1)C(=O)Nc1cccc(CSC(C)(C)C)c1. The summed E-state index contributed by atoms with van der Waals surface area (Å²) in [6.07, 6.45) is 1.04. The number of thioether (sulfide) groups is 1. The van der Waals surface area contributed by atoms with E-state index in [1.807, 2.05) is 30.9 Å². The van der Waals surface area contributed by atoms with Crippen LogP contribution >= 0.6 is 11.8 Å². The number of nitrogens with one attached hydrogen (secondary N) is 1. The molecule has 0 spiro atoms. The molecule has 1 atom stereocenters. The van der Waals surface area contributed by atoms with Gasteiger partial charge in [0.2, 0.25) is 0 Å². The molecule has 0 aliphatic carbocycles. The number of hydrogen-bond acceptors (Lipinski definition) is 3. The van der Waals surface area contributed by atoms with Crippen molar-refractivity contribution in [3.63, 3.8) is 0 Å². The van der Waals surface area contributed by atoms with Crippen LogP contribution in [0.3, 0.4) is 0 Å². The van der Waals surface area contributed by atoms with Gasteiger partial charge in [0.1, 0.15) is 0 Å². The zero-order chi connectivity index (χ0) is 16.9. The maximum Gasteiger partial charge on any atom is 0.321 e. The third-order valence-corrected chi connectivity index (χ3v) is 5.10. The molecule has 23 heavy (non-hydrogen) atoms. The molecule has 1 N–H and O–H groups in total. The Balaban J connectivity index is 1.87. The molecule has 0 radical (unpaired) electrons. The van der Waals surface area contributed by atoms with Gasteiger partial charge in [0, 0.05) is 42.3 Å². The van der Waals surface area contributed by atoms with Gasteiger partial charge in [0.05, 0.1) is 6.61 Å². The molecule has 128 valence electrons. The Morgan fingerprint density at radius 2 is 2.22 bits per heavy atom. The van der Waals surface area contributed by atoms with Gasteiger partial charge in [-0.05, 0) is 24.1 Å². The average Bonchev–Trinajstić information content (AvgIpc) is 2.97. The molecule has 2 amide bonds. The van der Waals surface area contributed by atoms with Crippen molar-refractivity contribution in [2.24, 2.45) is 5.92 Å². The molecule has 1 aliphatic rings. The number of hydrogen-bond donors (Lipinski definition) is 1. The van der Waals surface area contributed by atoms with E-state index in [0.29, 0.717) is 5.92 Å². The monoisotopic (exact) mass is 336 g/mol. The highest BCUT2D eigenvalue weighted by atomic mass is 32.2. The Morgan fingerprint density at radius 3 is 2.87 bits per heavy atom. The molecule has 4 nitrogen and oxygen atoms in total. The summed E-state index contributed by atoms with van der Waals surface area (Å²) in [7, 11) is 1.84. The van der Waals surface area contributed by atoms with Crippen molar-refractivity contribution in [2.45, 2.75) is 37.7 Å². The summed E-state index contributed by atoms with van der Waals surface area (Å²) in [6.45, 7) is 8.96. The molecule has 5 heteroatoms. The van der Waals surface area contributed by atoms with Crippen molar-refractivity contribution in [2.75, 3.05) is 32.1 Å². The predicted octanol–water partition coefficient (Wildman–Crippen LogP) is 4.22. The van der Waals surface area contributed by atoms with Crippen LogP contribution in [-0.2, 0) is 10.5 Å². The number of amides is 2. The van der Waals surface area contributed by atoms with E-state index in [1.165, 1.54) is 5.56 Å². The van der Waals surface area contributed by atoms with Gasteiger partial charge in [-0.2, -0.15) is 11.8 Å². The molecule has 0 aromatic heterocycles. The van der Waals surface area contributed by atoms with Crippen LogP contribution in [0, 0.1) is 5.92 Å². The summed E-state index contributed by atoms with van der Waals surface area (Å²) in [4.78, 5) is 14.0. The predicted molar refractivity (Wildman–Crippen MR) is 98.1 cm³/mol. The fraction of sp³-hybridized carbons (Fsp3) is 0.611. The highest BCUT2D eigenvalue weighted by molar-refractivity contribution is 7.99. The molecular formula is C18H28N2O2S. The van der Waals surface area contributed by atoms with Crippen molar-refractivity contribution in [3.8, 4) is 0 Å². The van der Waals surface area contributed by atoms with Crippen molar-refractivity contribution >= 4 is 23.5 Å². The quantitative estimate of drug-likeness (QED) is 0.875. The van der Waals surface area contributed by atoms with Gasteiger partial charge in [-0.1, -0.05) is 32.9 Å². The van der Waals surface area contributed by atoms with Crippen molar-refractivity contribution in [3.05, 3.63) is 29.8 Å². The number of anilines is 1. The highest BCUT2D eigenvalue weighted by Gasteiger charge is 2.20. The fourth-order valence-corrected chi connectivity index (χ4v) is 3.23. The smallest absolute Gasteiger partial charge is 0.321 e. The second kappa shape index (κ2) is 8.06. The summed E-state index contributed by atoms with van der Waals surface area (Å²) in [5, 5.41) is 2.99. The number of urea groups is 1. The van der Waals surface area contributed by atoms with E-state index in [4.69, 9.17) is 4.74 Å². The summed E-state index contributed by atoms with van der Waals surface area (Å²) >= 11 is 1.90. The molecule has 1 heterocycles. The minimum atomic E-state index is -0.0578. The lowest BCUT2D eigenvalue weighted by Gasteiger charge is -2.21. The lowest BCUT2D eigenvalue weighted by molar-refractivity contribution is 0.175. The Bertz CT molecular complexity index is 522. The lowest BCUT2D eigenvalue weighted by Crippen LogP contribution is -2.35. The van der Waals surface area contributed by atoms with Crippen LogP contribution in [0.2, 0.25) is 0 Å². The van der Waals surface area contributed by atoms with Crippen LogP contribution in [0.25, 0.3) is 0 Å². The van der Waals surface area contributed by atoms with Crippen LogP contribution in [-0.4, -0.2) is 42.5 Å². The molecule has 0 saturated carbocycles. The Labute approximate surface area is 144 Å². The normalized spacial score (nSPS) is 18.0. The topological polar surface area (TPSA) is 41.6 Å². The molecular weight excluding hydrogens is 308 g/mol. The van der Waals surface area contributed by atoms with Crippen LogP contribution in [0.5, 0.6) is 0 Å². The van der Waals surface area contributed by atoms with Crippen molar-refractivity contribution < 1.29 is 9.53 Å². The number of benzene rings is 1. The van der Waals surface area contributed by atoms with Crippen LogP contribution in [0.15, 0.2) is 24.3 Å². The highest BCUT2D eigenvalue weighted by Crippen LogP contribution is 2.28. The summed E-state index contributed by atoms with van der Waals surface area (Å²) in [5.74, 6) is 1.41. The van der Waals surface area contributed by atoms with Crippen LogP contribution in [0.1, 0.15) is 32.8 Å². The largest absolute Gasteiger partial charge is 0.381 e. The van der Waals surface area contributed by atoms with Gasteiger partial charge < -0.3 is 15.0 Å². The van der Waals surface area contributed by atoms with E-state index in [9.17, 15) is 4.79 Å². The summed E-state index contributed by atoms with van der Waals surface area (Å²) < 4.78 is 5.60. The molecule has 1 aromatic carbocycles. The van der Waals surface area contributed by atoms with Gasteiger partial charge in [-0.15, -0.1) is 0 Å². The Morgan fingerprint density at radius 1 is 1.43 bits per heavy atom. The van der Waals surface area contributed by atoms with E-state index in [2.05, 4.69) is 38.2 Å². The first-order valence-electron chi connectivity index (χ1n) is 8.16. The van der Waals surface area contributed by atoms with Gasteiger partial charge >= 0.3 is 6.03 Å². The Hall–Kier alpha value is -1.20. The number of nitrogens with zero attached hydrogens (tertiary/aromatic N) is 1. The van der Waals surface area contributed by atoms with E-state index >= 15 is 0 Å². The third-order valence-electron chi connectivity index (χ3n) is 3.75. The zero-order valence-electron chi connectivity index (χ0n) is 14.6. The third kappa shape index (κ3) is 6.43. The Kier molecular flexibility index (Phi) is 6.36. The first-order chi connectivity index (χ1) is 10.8. The first kappa shape index (κ1) is 18.1. The molecule has 1 fully saturated rings. The summed E-state index contributed by atoms with van der Waals surface area (Å²) in [6, 6.07) is 8.05. The van der Waals surface area contributed by atoms with E-state index in [1.54, 1.807) is 4.90 Å². The molecule has 1 unspecified atom stereocenters. The number of carbonyl (C=O) groups is 1. The number of carbonyl (C=O) groups excluding carboxylic acids is 1. The van der Waals surface area contributed by atoms with Crippen molar-refractivity contribution in [1.29, 1.82) is 0 Å². The summed E-state index contributed by atoms with van der Waals surface area (Å²) in [5.41, 5.74) is 2.09. The second-order valence-electron chi connectivity index (χ2n) is 7.14. The van der Waals surface area contributed by atoms with E-state index in [0.717, 1.165) is 37.6 Å². The minimum Gasteiger partial charge on any atom is -0.381 e. The van der Waals surface area contributed by atoms with Crippen LogP contribution < -0.4 is 5.32 Å². The molecule has 1 aliphatic heterocycles. The lowest BCUT2D eigenvalue weighted by atomic mass is 10.1. The fourth-order valence-electron chi connectivity index (χ4n) is 2.46. The minimum absolute atomic E-state index is 0.0578. The van der Waals surface area contributed by atoms with Crippen molar-refractivity contribution in [1.82, 2.24) is 4.90 Å². The molecule has 0 bridgehead atoms. The average molecular weight is 337 g/mol. The first-order valence-corrected chi connectivity index (χ1v) is 9.15.